The van der Waals surface area contributed by atoms with Crippen LogP contribution >= 0.6 is 0 Å². The third-order valence-electron chi connectivity index (χ3n) is 1.93. The van der Waals surface area contributed by atoms with Crippen LogP contribution in [0.15, 0.2) is 22.1 Å². The number of nitrogen functional groups attached to an aromatic ring is 1. The summed E-state index contributed by atoms with van der Waals surface area (Å²) in [4.78, 5) is 21.9. The van der Waals surface area contributed by atoms with Crippen LogP contribution in [0.3, 0.4) is 0 Å². The molecule has 0 amide bonds. The van der Waals surface area contributed by atoms with Crippen LogP contribution in [0.5, 0.6) is 0 Å². The molecule has 1 aliphatic rings. The Bertz CT molecular complexity index is 458. The lowest BCUT2D eigenvalue weighted by atomic mass is 10.2. The van der Waals surface area contributed by atoms with Gasteiger partial charge < -0.3 is 10.7 Å². The predicted octanol–water partition coefficient (Wildman–Crippen LogP) is 0.558. The van der Waals surface area contributed by atoms with Crippen LogP contribution in [-0.4, -0.2) is 16.2 Å². The number of aromatic amines is 1. The number of nitrogens with one attached hydrogen (secondary N) is 1. The maximum Gasteiger partial charge on any atom is 0.274 e. The van der Waals surface area contributed by atoms with Crippen molar-refractivity contribution in [3.63, 3.8) is 0 Å². The van der Waals surface area contributed by atoms with Crippen LogP contribution in [-0.2, 0) is 0 Å². The monoisotopic (exact) mass is 190 g/mol. The minimum Gasteiger partial charge on any atom is -0.393 e. The van der Waals surface area contributed by atoms with Gasteiger partial charge in [-0.1, -0.05) is 6.08 Å². The Kier molecular flexibility index (Phi) is 2.14. The molecule has 14 heavy (non-hydrogen) atoms. The van der Waals surface area contributed by atoms with Gasteiger partial charge >= 0.3 is 0 Å². The van der Waals surface area contributed by atoms with E-state index in [1.54, 1.807) is 0 Å². The van der Waals surface area contributed by atoms with Crippen LogP contribution in [0.1, 0.15) is 18.7 Å². The highest BCUT2D eigenvalue weighted by Gasteiger charge is 2.05. The van der Waals surface area contributed by atoms with Crippen molar-refractivity contribution in [2.45, 2.75) is 12.8 Å². The van der Waals surface area contributed by atoms with Crippen molar-refractivity contribution < 1.29 is 0 Å². The summed E-state index contributed by atoms with van der Waals surface area (Å²) in [6.45, 7) is 0. The SMILES string of the molecule is Nc1cnc(C2=CCCC=N2)[nH]c1=O. The van der Waals surface area contributed by atoms with Crippen molar-refractivity contribution in [2.24, 2.45) is 4.99 Å². The summed E-state index contributed by atoms with van der Waals surface area (Å²) in [5, 5.41) is 0. The van der Waals surface area contributed by atoms with Crippen molar-refractivity contribution in [2.75, 3.05) is 5.73 Å². The van der Waals surface area contributed by atoms with Gasteiger partial charge in [0.1, 0.15) is 11.4 Å². The van der Waals surface area contributed by atoms with Gasteiger partial charge in [0.25, 0.3) is 5.56 Å². The molecule has 1 aromatic heterocycles. The molecule has 0 saturated carbocycles. The molecular weight excluding hydrogens is 180 g/mol. The second kappa shape index (κ2) is 3.45. The predicted molar refractivity (Wildman–Crippen MR) is 55.0 cm³/mol. The third kappa shape index (κ3) is 1.56. The summed E-state index contributed by atoms with van der Waals surface area (Å²) in [5.74, 6) is 0.472. The number of nitrogens with two attached hydrogens (primary N) is 1. The smallest absolute Gasteiger partial charge is 0.274 e. The molecule has 0 fully saturated rings. The Hall–Kier alpha value is -1.91. The molecule has 5 heteroatoms. The summed E-state index contributed by atoms with van der Waals surface area (Å²) in [6.07, 6.45) is 6.95. The standard InChI is InChI=1S/C9H10N4O/c10-6-5-12-8(13-9(6)14)7-3-1-2-4-11-7/h3-5H,1-2,10H2,(H,12,13,14). The highest BCUT2D eigenvalue weighted by molar-refractivity contribution is 5.73. The fraction of sp³-hybridized carbons (Fsp3) is 0.222. The molecule has 2 heterocycles. The second-order valence-corrected chi connectivity index (χ2v) is 2.99. The number of aliphatic imine (C=N–C) groups is 1. The van der Waals surface area contributed by atoms with E-state index in [1.807, 2.05) is 12.3 Å². The van der Waals surface area contributed by atoms with Crippen LogP contribution in [0.2, 0.25) is 0 Å². The van der Waals surface area contributed by atoms with Gasteiger partial charge in [0.15, 0.2) is 5.82 Å². The maximum atomic E-state index is 11.2. The number of aromatic nitrogens is 2. The number of H-pyrrole nitrogens is 1. The molecule has 72 valence electrons. The zero-order valence-corrected chi connectivity index (χ0v) is 7.53. The summed E-state index contributed by atoms with van der Waals surface area (Å²) in [7, 11) is 0. The third-order valence-corrected chi connectivity index (χ3v) is 1.93. The Morgan fingerprint density at radius 3 is 2.93 bits per heavy atom. The molecule has 1 aliphatic heterocycles. The van der Waals surface area contributed by atoms with E-state index in [2.05, 4.69) is 15.0 Å². The minimum atomic E-state index is -0.323. The van der Waals surface area contributed by atoms with Gasteiger partial charge in [0, 0.05) is 6.21 Å². The van der Waals surface area contributed by atoms with Crippen molar-refractivity contribution in [3.8, 4) is 0 Å². The lowest BCUT2D eigenvalue weighted by molar-refractivity contribution is 1.03. The minimum absolute atomic E-state index is 0.120. The highest BCUT2D eigenvalue weighted by atomic mass is 16.1. The average Bonchev–Trinajstić information content (AvgIpc) is 2.23. The molecule has 0 spiro atoms. The van der Waals surface area contributed by atoms with Gasteiger partial charge in [0.05, 0.1) is 6.20 Å². The van der Waals surface area contributed by atoms with E-state index in [1.165, 1.54) is 6.20 Å². The van der Waals surface area contributed by atoms with E-state index in [-0.39, 0.29) is 11.2 Å². The lowest BCUT2D eigenvalue weighted by Crippen LogP contribution is -2.14. The van der Waals surface area contributed by atoms with Gasteiger partial charge in [-0.15, -0.1) is 0 Å². The number of rotatable bonds is 1. The van der Waals surface area contributed by atoms with Crippen LogP contribution in [0.4, 0.5) is 5.69 Å². The topological polar surface area (TPSA) is 84.1 Å². The van der Waals surface area contributed by atoms with Crippen molar-refractivity contribution in [1.82, 2.24) is 9.97 Å². The van der Waals surface area contributed by atoms with E-state index < -0.39 is 0 Å². The largest absolute Gasteiger partial charge is 0.393 e. The fourth-order valence-corrected chi connectivity index (χ4v) is 1.20. The molecule has 1 aromatic rings. The number of hydrogen-bond acceptors (Lipinski definition) is 4. The number of hydrogen-bond donors (Lipinski definition) is 2. The normalized spacial score (nSPS) is 15.3. The van der Waals surface area contributed by atoms with Crippen molar-refractivity contribution in [3.05, 3.63) is 28.5 Å². The zero-order chi connectivity index (χ0) is 9.97. The molecular formula is C9H10N4O. The Balaban J connectivity index is 2.42. The first kappa shape index (κ1) is 8.68. The van der Waals surface area contributed by atoms with Gasteiger partial charge in [0.2, 0.25) is 0 Å². The number of allylic oxidation sites excluding steroid dienone is 1. The zero-order valence-electron chi connectivity index (χ0n) is 7.53. The first-order chi connectivity index (χ1) is 6.77. The van der Waals surface area contributed by atoms with E-state index in [4.69, 9.17) is 5.73 Å². The van der Waals surface area contributed by atoms with Crippen LogP contribution < -0.4 is 11.3 Å². The molecule has 2 rings (SSSR count). The Morgan fingerprint density at radius 2 is 2.29 bits per heavy atom. The molecule has 0 radical (unpaired) electrons. The van der Waals surface area contributed by atoms with Gasteiger partial charge in [-0.2, -0.15) is 0 Å². The lowest BCUT2D eigenvalue weighted by Gasteiger charge is -2.04. The van der Waals surface area contributed by atoms with Gasteiger partial charge in [-0.3, -0.25) is 9.79 Å². The van der Waals surface area contributed by atoms with Gasteiger partial charge in [-0.05, 0) is 12.8 Å². The average molecular weight is 190 g/mol. The molecule has 3 N–H and O–H groups in total. The number of anilines is 1. The summed E-state index contributed by atoms with van der Waals surface area (Å²) in [5.41, 5.74) is 5.85. The fourth-order valence-electron chi connectivity index (χ4n) is 1.20. The van der Waals surface area contributed by atoms with E-state index in [0.717, 1.165) is 12.8 Å². The highest BCUT2D eigenvalue weighted by Crippen LogP contribution is 2.14. The maximum absolute atomic E-state index is 11.2. The van der Waals surface area contributed by atoms with Crippen molar-refractivity contribution in [1.29, 1.82) is 0 Å². The first-order valence-corrected chi connectivity index (χ1v) is 4.35. The summed E-state index contributed by atoms with van der Waals surface area (Å²) >= 11 is 0. The molecule has 0 saturated heterocycles. The Morgan fingerprint density at radius 1 is 1.43 bits per heavy atom. The van der Waals surface area contributed by atoms with E-state index in [9.17, 15) is 4.79 Å². The number of nitrogens with zero attached hydrogens (tertiary/aromatic N) is 2. The second-order valence-electron chi connectivity index (χ2n) is 2.99. The molecule has 0 bridgehead atoms. The molecule has 0 atom stereocenters. The van der Waals surface area contributed by atoms with Crippen LogP contribution in [0, 0.1) is 0 Å². The summed E-state index contributed by atoms with van der Waals surface area (Å²) < 4.78 is 0. The molecule has 0 aromatic carbocycles. The quantitative estimate of drug-likeness (QED) is 0.678. The van der Waals surface area contributed by atoms with Gasteiger partial charge in [-0.25, -0.2) is 4.98 Å². The van der Waals surface area contributed by atoms with E-state index in [0.29, 0.717) is 11.5 Å². The molecule has 0 aliphatic carbocycles. The van der Waals surface area contributed by atoms with Crippen molar-refractivity contribution >= 4 is 17.6 Å². The molecule has 5 nitrogen and oxygen atoms in total. The van der Waals surface area contributed by atoms with E-state index >= 15 is 0 Å². The summed E-state index contributed by atoms with van der Waals surface area (Å²) in [6, 6.07) is 0. The molecule has 0 unspecified atom stereocenters. The first-order valence-electron chi connectivity index (χ1n) is 4.35. The Labute approximate surface area is 80.4 Å². The van der Waals surface area contributed by atoms with Crippen LogP contribution in [0.25, 0.3) is 5.70 Å².